The van der Waals surface area contributed by atoms with Crippen molar-refractivity contribution in [3.63, 3.8) is 0 Å². The Morgan fingerprint density at radius 3 is 2.42 bits per heavy atom. The molecular formula is C18H22ClN3O4. The first kappa shape index (κ1) is 18.7. The van der Waals surface area contributed by atoms with Crippen molar-refractivity contribution in [1.29, 1.82) is 0 Å². The summed E-state index contributed by atoms with van der Waals surface area (Å²) in [7, 11) is 0. The number of fused-ring (bicyclic) bond motifs is 1. The van der Waals surface area contributed by atoms with Crippen molar-refractivity contribution in [2.24, 2.45) is 5.73 Å². The van der Waals surface area contributed by atoms with E-state index in [4.69, 9.17) is 10.5 Å². The lowest BCUT2D eigenvalue weighted by Gasteiger charge is -2.32. The van der Waals surface area contributed by atoms with Gasteiger partial charge in [0.2, 0.25) is 11.8 Å². The number of carbonyl (C=O) groups excluding carboxylic acids is 3. The van der Waals surface area contributed by atoms with E-state index in [1.807, 2.05) is 6.07 Å². The molecule has 1 saturated carbocycles. The highest BCUT2D eigenvalue weighted by Crippen LogP contribution is 2.31. The summed E-state index contributed by atoms with van der Waals surface area (Å²) in [4.78, 5) is 36.8. The number of carbonyl (C=O) groups is 3. The van der Waals surface area contributed by atoms with Gasteiger partial charge in [-0.25, -0.2) is 5.01 Å². The van der Waals surface area contributed by atoms with Gasteiger partial charge in [-0.05, 0) is 49.4 Å². The maximum absolute atomic E-state index is 12.6. The zero-order valence-electron chi connectivity index (χ0n) is 14.3. The molecule has 1 saturated heterocycles. The second-order valence-corrected chi connectivity index (χ2v) is 6.89. The predicted octanol–water partition coefficient (Wildman–Crippen LogP) is 1.78. The SMILES string of the molecule is Cl.N[C@@H]1CCC[C@H]1Oc1ccc2c(c1)CN(N1C(=O)CCCC1=O)C2=O. The molecule has 0 spiro atoms. The smallest absolute Gasteiger partial charge is 0.273 e. The second-order valence-electron chi connectivity index (χ2n) is 6.89. The molecule has 2 aliphatic heterocycles. The number of benzene rings is 1. The fourth-order valence-electron chi connectivity index (χ4n) is 3.80. The maximum Gasteiger partial charge on any atom is 0.273 e. The highest BCUT2D eigenvalue weighted by molar-refractivity contribution is 6.04. The third-order valence-corrected chi connectivity index (χ3v) is 5.15. The van der Waals surface area contributed by atoms with E-state index in [9.17, 15) is 14.4 Å². The molecule has 0 bridgehead atoms. The van der Waals surface area contributed by atoms with E-state index in [1.165, 1.54) is 5.01 Å². The van der Waals surface area contributed by atoms with Gasteiger partial charge >= 0.3 is 0 Å². The Morgan fingerprint density at radius 2 is 1.77 bits per heavy atom. The summed E-state index contributed by atoms with van der Waals surface area (Å²) in [6.45, 7) is 0.208. The van der Waals surface area contributed by atoms with E-state index >= 15 is 0 Å². The van der Waals surface area contributed by atoms with E-state index in [2.05, 4.69) is 0 Å². The van der Waals surface area contributed by atoms with Crippen LogP contribution in [0.1, 0.15) is 54.4 Å². The van der Waals surface area contributed by atoms with Crippen molar-refractivity contribution >= 4 is 30.1 Å². The van der Waals surface area contributed by atoms with Crippen LogP contribution in [0.4, 0.5) is 0 Å². The average molecular weight is 380 g/mol. The molecule has 3 aliphatic rings. The summed E-state index contributed by atoms with van der Waals surface area (Å²) in [5.74, 6) is -0.272. The molecule has 0 radical (unpaired) electrons. The first-order chi connectivity index (χ1) is 12.0. The van der Waals surface area contributed by atoms with Gasteiger partial charge in [0.05, 0.1) is 6.54 Å². The molecule has 0 unspecified atom stereocenters. The van der Waals surface area contributed by atoms with Gasteiger partial charge < -0.3 is 10.5 Å². The number of nitrogens with zero attached hydrogens (tertiary/aromatic N) is 2. The number of hydrogen-bond acceptors (Lipinski definition) is 5. The number of hydrogen-bond donors (Lipinski definition) is 1. The number of halogens is 1. The first-order valence-electron chi connectivity index (χ1n) is 8.77. The fraction of sp³-hybridized carbons (Fsp3) is 0.500. The Hall–Kier alpha value is -2.12. The minimum Gasteiger partial charge on any atom is -0.489 e. The van der Waals surface area contributed by atoms with Crippen LogP contribution in [0.25, 0.3) is 0 Å². The molecule has 8 heteroatoms. The highest BCUT2D eigenvalue weighted by atomic mass is 35.5. The normalized spacial score (nSPS) is 25.3. The molecule has 2 heterocycles. The number of imide groups is 1. The van der Waals surface area contributed by atoms with Crippen molar-refractivity contribution in [3.05, 3.63) is 29.3 Å². The van der Waals surface area contributed by atoms with Crippen LogP contribution in [0.3, 0.4) is 0 Å². The van der Waals surface area contributed by atoms with Crippen LogP contribution in [0.15, 0.2) is 18.2 Å². The van der Waals surface area contributed by atoms with E-state index in [0.29, 0.717) is 30.6 Å². The molecule has 26 heavy (non-hydrogen) atoms. The number of nitrogens with two attached hydrogens (primary N) is 1. The molecule has 0 aromatic heterocycles. The van der Waals surface area contributed by atoms with Crippen molar-refractivity contribution in [2.45, 2.75) is 57.2 Å². The fourth-order valence-corrected chi connectivity index (χ4v) is 3.80. The summed E-state index contributed by atoms with van der Waals surface area (Å²) >= 11 is 0. The number of ether oxygens (including phenoxy) is 1. The van der Waals surface area contributed by atoms with Gasteiger partial charge in [-0.2, -0.15) is 5.01 Å². The van der Waals surface area contributed by atoms with Crippen LogP contribution in [0, 0.1) is 0 Å². The lowest BCUT2D eigenvalue weighted by Crippen LogP contribution is -2.51. The van der Waals surface area contributed by atoms with Crippen LogP contribution in [0.2, 0.25) is 0 Å². The second kappa shape index (κ2) is 7.25. The van der Waals surface area contributed by atoms with Crippen LogP contribution < -0.4 is 10.5 Å². The minimum absolute atomic E-state index is 0. The van der Waals surface area contributed by atoms with Crippen LogP contribution >= 0.6 is 12.4 Å². The average Bonchev–Trinajstić information content (AvgIpc) is 3.12. The monoisotopic (exact) mass is 379 g/mol. The largest absolute Gasteiger partial charge is 0.489 e. The zero-order valence-corrected chi connectivity index (χ0v) is 15.2. The minimum atomic E-state index is -0.317. The molecule has 1 aromatic rings. The first-order valence-corrected chi connectivity index (χ1v) is 8.77. The van der Waals surface area contributed by atoms with E-state index < -0.39 is 0 Å². The topological polar surface area (TPSA) is 92.9 Å². The lowest BCUT2D eigenvalue weighted by molar-refractivity contribution is -0.163. The third kappa shape index (κ3) is 3.17. The molecule has 7 nitrogen and oxygen atoms in total. The molecule has 140 valence electrons. The maximum atomic E-state index is 12.6. The lowest BCUT2D eigenvalue weighted by atomic mass is 10.1. The number of piperidine rings is 1. The molecule has 3 amide bonds. The standard InChI is InChI=1S/C18H21N3O4.ClH/c19-14-3-1-4-15(14)25-12-7-8-13-11(9-12)10-20(18(13)24)21-16(22)5-2-6-17(21)23;/h7-9,14-15H,1-6,10,19H2;1H/t14-,15-;/m1./s1. The van der Waals surface area contributed by atoms with Gasteiger partial charge in [0, 0.05) is 24.4 Å². The van der Waals surface area contributed by atoms with Gasteiger partial charge in [-0.3, -0.25) is 14.4 Å². The van der Waals surface area contributed by atoms with Gasteiger partial charge in [0.1, 0.15) is 11.9 Å². The molecule has 2 N–H and O–H groups in total. The third-order valence-electron chi connectivity index (χ3n) is 5.15. The summed E-state index contributed by atoms with van der Waals surface area (Å²) in [5.41, 5.74) is 7.32. The van der Waals surface area contributed by atoms with Crippen molar-refractivity contribution in [1.82, 2.24) is 10.0 Å². The Balaban J connectivity index is 0.00000196. The van der Waals surface area contributed by atoms with Crippen LogP contribution in [-0.2, 0) is 16.1 Å². The van der Waals surface area contributed by atoms with Crippen LogP contribution in [-0.4, -0.2) is 39.9 Å². The van der Waals surface area contributed by atoms with E-state index in [0.717, 1.165) is 29.8 Å². The molecule has 1 aliphatic carbocycles. The number of hydrazine groups is 1. The molecule has 1 aromatic carbocycles. The van der Waals surface area contributed by atoms with Gasteiger partial charge in [-0.15, -0.1) is 12.4 Å². The van der Waals surface area contributed by atoms with E-state index in [1.54, 1.807) is 12.1 Å². The molecule has 2 atom stereocenters. The quantitative estimate of drug-likeness (QED) is 0.808. The van der Waals surface area contributed by atoms with E-state index in [-0.39, 0.29) is 48.8 Å². The molecule has 4 rings (SSSR count). The summed E-state index contributed by atoms with van der Waals surface area (Å²) in [6, 6.07) is 5.31. The Kier molecular flexibility index (Phi) is 5.20. The van der Waals surface area contributed by atoms with Crippen LogP contribution in [0.5, 0.6) is 5.75 Å². The van der Waals surface area contributed by atoms with Crippen molar-refractivity contribution in [2.75, 3.05) is 0 Å². The van der Waals surface area contributed by atoms with Crippen molar-refractivity contribution < 1.29 is 19.1 Å². The predicted molar refractivity (Wildman–Crippen MR) is 95.5 cm³/mol. The molecule has 2 fully saturated rings. The Bertz CT molecular complexity index is 738. The summed E-state index contributed by atoms with van der Waals surface area (Å²) in [5, 5.41) is 2.26. The summed E-state index contributed by atoms with van der Waals surface area (Å²) < 4.78 is 5.97. The number of rotatable bonds is 3. The van der Waals surface area contributed by atoms with Gasteiger partial charge in [0.25, 0.3) is 5.91 Å². The number of amides is 3. The molecular weight excluding hydrogens is 358 g/mol. The van der Waals surface area contributed by atoms with Gasteiger partial charge in [-0.1, -0.05) is 0 Å². The van der Waals surface area contributed by atoms with Crippen molar-refractivity contribution in [3.8, 4) is 5.75 Å². The highest BCUT2D eigenvalue weighted by Gasteiger charge is 2.39. The Morgan fingerprint density at radius 1 is 1.04 bits per heavy atom. The zero-order chi connectivity index (χ0) is 17.6. The summed E-state index contributed by atoms with van der Waals surface area (Å²) in [6.07, 6.45) is 4.07. The Labute approximate surface area is 157 Å². The van der Waals surface area contributed by atoms with Gasteiger partial charge in [0.15, 0.2) is 0 Å².